The van der Waals surface area contributed by atoms with E-state index in [0.717, 1.165) is 0 Å². The first-order valence-electron chi connectivity index (χ1n) is 2.72. The van der Waals surface area contributed by atoms with E-state index in [1.165, 1.54) is 0 Å². The number of halogens is 2. The summed E-state index contributed by atoms with van der Waals surface area (Å²) >= 11 is 2.12. The van der Waals surface area contributed by atoms with Gasteiger partial charge in [-0.25, -0.2) is 0 Å². The molecular weight excluding hydrogens is 534 g/mol. The smallest absolute Gasteiger partial charge is 1.00 e. The van der Waals surface area contributed by atoms with Gasteiger partial charge in [-0.1, -0.05) is 0 Å². The minimum atomic E-state index is 0. The van der Waals surface area contributed by atoms with Crippen LogP contribution in [-0.4, -0.2) is 63.5 Å². The van der Waals surface area contributed by atoms with Crippen molar-refractivity contribution in [3.63, 3.8) is 0 Å². The standard InChI is InChI=1S/2C3H3As2.2ClH.Zr/c2*1-2-4-5-3-1;;;/h2*1-2,4H;2*1H;/q2*-1;;;+4/p-2. The van der Waals surface area contributed by atoms with Crippen LogP contribution in [0.2, 0.25) is 0 Å². The van der Waals surface area contributed by atoms with Gasteiger partial charge in [0, 0.05) is 0 Å². The zero-order valence-electron chi connectivity index (χ0n) is 6.46. The van der Waals surface area contributed by atoms with Gasteiger partial charge >= 0.3 is 112 Å². The van der Waals surface area contributed by atoms with Gasteiger partial charge in [-0.3, -0.25) is 0 Å². The monoisotopic (exact) mass is 538 g/mol. The van der Waals surface area contributed by atoms with Gasteiger partial charge in [0.25, 0.3) is 0 Å². The molecule has 2 heterocycles. The largest absolute Gasteiger partial charge is 4.00 e. The number of allylic oxidation sites excluding steroid dienone is 2. The van der Waals surface area contributed by atoms with Crippen LogP contribution in [-0.2, 0) is 26.2 Å². The molecule has 0 spiro atoms. The normalized spacial score (nSPS) is 19.7. The van der Waals surface area contributed by atoms with Crippen molar-refractivity contribution in [3.8, 4) is 0 Å². The van der Waals surface area contributed by atoms with Crippen molar-refractivity contribution in [3.05, 3.63) is 21.9 Å². The molecule has 0 aromatic carbocycles. The molecule has 0 aromatic heterocycles. The van der Waals surface area contributed by atoms with E-state index < -0.39 is 0 Å². The van der Waals surface area contributed by atoms with Gasteiger partial charge in [0.15, 0.2) is 0 Å². The van der Waals surface area contributed by atoms with Gasteiger partial charge in [-0.15, -0.1) is 0 Å². The van der Waals surface area contributed by atoms with E-state index in [4.69, 9.17) is 0 Å². The summed E-state index contributed by atoms with van der Waals surface area (Å²) in [7, 11) is 0. The Hall–Kier alpha value is 2.92. The predicted molar refractivity (Wildman–Crippen MR) is 54.1 cm³/mol. The Morgan fingerprint density at radius 2 is 1.23 bits per heavy atom. The molecule has 0 saturated heterocycles. The maximum Gasteiger partial charge on any atom is 4.00 e. The Kier molecular flexibility index (Phi) is 28.3. The van der Waals surface area contributed by atoms with Crippen LogP contribution >= 0.6 is 0 Å². The SMILES string of the molecule is [C-]1=[As][AsH]C=C1.[C-]1=[As][AsH]C=C1.[Cl-].[Cl-].[Zr+4]. The van der Waals surface area contributed by atoms with Crippen molar-refractivity contribution in [2.45, 2.75) is 0 Å². The predicted octanol–water partition coefficient (Wildman–Crippen LogP) is -7.50. The van der Waals surface area contributed by atoms with E-state index in [2.05, 4.69) is 31.5 Å². The molecule has 0 fully saturated rings. The fraction of sp³-hybridized carbons (Fsp3) is 0. The zero-order valence-corrected chi connectivity index (χ0v) is 18.4. The van der Waals surface area contributed by atoms with Crippen LogP contribution < -0.4 is 24.8 Å². The van der Waals surface area contributed by atoms with E-state index >= 15 is 0 Å². The van der Waals surface area contributed by atoms with Crippen LogP contribution in [0.15, 0.2) is 21.9 Å². The van der Waals surface area contributed by atoms with Crippen molar-refractivity contribution < 1.29 is 51.0 Å². The van der Waals surface area contributed by atoms with Crippen LogP contribution in [0.25, 0.3) is 0 Å². The van der Waals surface area contributed by atoms with Crippen molar-refractivity contribution in [2.75, 3.05) is 0 Å². The molecule has 2 rings (SSSR count). The third-order valence-electron chi connectivity index (χ3n) is 0.723. The van der Waals surface area contributed by atoms with Crippen molar-refractivity contribution >= 4 is 63.5 Å². The summed E-state index contributed by atoms with van der Waals surface area (Å²) in [6, 6.07) is 0. The molecule has 68 valence electrons. The minimum absolute atomic E-state index is 0. The quantitative estimate of drug-likeness (QED) is 0.212. The summed E-state index contributed by atoms with van der Waals surface area (Å²) < 4.78 is 0. The molecule has 0 N–H and O–H groups in total. The van der Waals surface area contributed by atoms with Gasteiger partial charge in [-0.2, -0.15) is 0 Å². The fourth-order valence-corrected chi connectivity index (χ4v) is 10.1. The molecule has 0 nitrogen and oxygen atoms in total. The maximum atomic E-state index is 3.19. The number of hydrogen-bond acceptors (Lipinski definition) is 0. The van der Waals surface area contributed by atoms with E-state index in [-0.39, 0.29) is 51.0 Å². The van der Waals surface area contributed by atoms with Gasteiger partial charge < -0.3 is 24.8 Å². The van der Waals surface area contributed by atoms with Gasteiger partial charge in [-0.05, 0) is 0 Å². The maximum absolute atomic E-state index is 3.19. The molecule has 2 aliphatic rings. The second-order valence-electron chi connectivity index (χ2n) is 1.41. The third kappa shape index (κ3) is 14.9. The molecule has 0 saturated carbocycles. The zero-order chi connectivity index (χ0) is 7.07. The van der Waals surface area contributed by atoms with Crippen LogP contribution in [0.5, 0.6) is 0 Å². The molecule has 2 aliphatic heterocycles. The summed E-state index contributed by atoms with van der Waals surface area (Å²) in [6.07, 6.45) is 4.17. The third-order valence-corrected chi connectivity index (χ3v) is 12.6. The summed E-state index contributed by atoms with van der Waals surface area (Å²) in [5.74, 6) is 0. The first-order valence-corrected chi connectivity index (χ1v) is 18.6. The van der Waals surface area contributed by atoms with Crippen LogP contribution in [0.4, 0.5) is 0 Å². The van der Waals surface area contributed by atoms with E-state index in [1.54, 1.807) is 0 Å². The van der Waals surface area contributed by atoms with Crippen LogP contribution in [0, 0.1) is 0 Å². The van der Waals surface area contributed by atoms with E-state index in [0.29, 0.717) is 53.9 Å². The van der Waals surface area contributed by atoms with Crippen molar-refractivity contribution in [1.29, 1.82) is 0 Å². The number of rotatable bonds is 0. The number of hydrogen-bond donors (Lipinski definition) is 0. The van der Waals surface area contributed by atoms with Gasteiger partial charge in [0.1, 0.15) is 0 Å². The Morgan fingerprint density at radius 3 is 1.31 bits per heavy atom. The topological polar surface area (TPSA) is 0 Å². The van der Waals surface area contributed by atoms with Crippen molar-refractivity contribution in [2.24, 2.45) is 0 Å². The Balaban J connectivity index is -0.000000125. The molecule has 7 heteroatoms. The second-order valence-corrected chi connectivity index (χ2v) is 16.4. The average Bonchev–Trinajstić information content (AvgIpc) is 2.67. The molecule has 2 unspecified atom stereocenters. The van der Waals surface area contributed by atoms with E-state index in [9.17, 15) is 0 Å². The second kappa shape index (κ2) is 17.3. The van der Waals surface area contributed by atoms with E-state index in [1.807, 2.05) is 0 Å². The Morgan fingerprint density at radius 1 is 0.846 bits per heavy atom. The van der Waals surface area contributed by atoms with Gasteiger partial charge in [0.05, 0.1) is 0 Å². The molecule has 0 amide bonds. The average molecular weight is 540 g/mol. The molecular formula is C6H6As4Cl2Zr. The fourth-order valence-electron chi connectivity index (χ4n) is 0.373. The molecule has 13 heavy (non-hydrogen) atoms. The Bertz CT molecular complexity index is 161. The first kappa shape index (κ1) is 21.2. The summed E-state index contributed by atoms with van der Waals surface area (Å²) in [5, 5.41) is 0. The molecule has 0 radical (unpaired) electrons. The molecule has 0 bridgehead atoms. The summed E-state index contributed by atoms with van der Waals surface area (Å²) in [4.78, 5) is 11.0. The Labute approximate surface area is 134 Å². The van der Waals surface area contributed by atoms with Crippen molar-refractivity contribution in [1.82, 2.24) is 0 Å². The molecule has 0 aliphatic carbocycles. The first-order chi connectivity index (χ1) is 5.00. The minimum Gasteiger partial charge on any atom is -1.00 e. The molecule has 0 aromatic rings. The summed E-state index contributed by atoms with van der Waals surface area (Å²) in [6.45, 7) is 0. The summed E-state index contributed by atoms with van der Waals surface area (Å²) in [5.41, 5.74) is 0. The van der Waals surface area contributed by atoms with Gasteiger partial charge in [0.2, 0.25) is 0 Å². The van der Waals surface area contributed by atoms with Crippen LogP contribution in [0.3, 0.4) is 0 Å². The van der Waals surface area contributed by atoms with Crippen LogP contribution in [0.1, 0.15) is 0 Å². The molecule has 2 atom stereocenters.